The van der Waals surface area contributed by atoms with Crippen molar-refractivity contribution in [3.8, 4) is 0 Å². The molecule has 0 bridgehead atoms. The van der Waals surface area contributed by atoms with Gasteiger partial charge in [-0.15, -0.1) is 11.3 Å². The van der Waals surface area contributed by atoms with Crippen LogP contribution in [0.2, 0.25) is 0 Å². The van der Waals surface area contributed by atoms with Gasteiger partial charge in [0.25, 0.3) is 0 Å². The molecule has 1 aromatic heterocycles. The summed E-state index contributed by atoms with van der Waals surface area (Å²) in [6, 6.07) is 1.66. The molecule has 110 valence electrons. The summed E-state index contributed by atoms with van der Waals surface area (Å²) >= 11 is 8.26. The van der Waals surface area contributed by atoms with Gasteiger partial charge in [0.15, 0.2) is 0 Å². The summed E-state index contributed by atoms with van der Waals surface area (Å²) in [6.45, 7) is 6.46. The van der Waals surface area contributed by atoms with Crippen LogP contribution in [0.1, 0.15) is 31.6 Å². The number of hydrogen-bond acceptors (Lipinski definition) is 3. The molecule has 0 aliphatic carbocycles. The van der Waals surface area contributed by atoms with Gasteiger partial charge >= 0.3 is 0 Å². The molecule has 1 rings (SSSR count). The summed E-state index contributed by atoms with van der Waals surface area (Å²) in [5, 5.41) is 0.793. The fourth-order valence-corrected chi connectivity index (χ4v) is 6.32. The van der Waals surface area contributed by atoms with Crippen LogP contribution in [0.4, 0.5) is 0 Å². The van der Waals surface area contributed by atoms with E-state index in [-0.39, 0.29) is 5.41 Å². The van der Waals surface area contributed by atoms with E-state index in [0.29, 0.717) is 11.4 Å². The van der Waals surface area contributed by atoms with Crippen molar-refractivity contribution in [2.24, 2.45) is 5.41 Å². The molecule has 0 fully saturated rings. The van der Waals surface area contributed by atoms with Crippen molar-refractivity contribution < 1.29 is 8.42 Å². The van der Waals surface area contributed by atoms with Crippen molar-refractivity contribution in [3.63, 3.8) is 0 Å². The standard InChI is InChI=1S/C12H19Br2NO2S2/c1-4-12(5-2,7-13)8-15-19(16,17)10-6-11(14)18-9(10)3/h6,15H,4-5,7-8H2,1-3H3. The minimum absolute atomic E-state index is 0.0196. The second-order valence-electron chi connectivity index (χ2n) is 4.64. The molecule has 0 unspecified atom stereocenters. The maximum Gasteiger partial charge on any atom is 0.241 e. The van der Waals surface area contributed by atoms with Crippen LogP contribution in [0.3, 0.4) is 0 Å². The first-order valence-corrected chi connectivity index (χ1v) is 10.3. The lowest BCUT2D eigenvalue weighted by Gasteiger charge is -2.29. The molecule has 3 nitrogen and oxygen atoms in total. The van der Waals surface area contributed by atoms with Gasteiger partial charge in [0.1, 0.15) is 0 Å². The molecule has 0 atom stereocenters. The predicted octanol–water partition coefficient (Wildman–Crippen LogP) is 4.30. The highest BCUT2D eigenvalue weighted by molar-refractivity contribution is 9.11. The van der Waals surface area contributed by atoms with Gasteiger partial charge < -0.3 is 0 Å². The average molecular weight is 433 g/mol. The molecule has 0 aromatic carbocycles. The van der Waals surface area contributed by atoms with Crippen LogP contribution < -0.4 is 4.72 Å². The van der Waals surface area contributed by atoms with Crippen molar-refractivity contribution in [2.75, 3.05) is 11.9 Å². The van der Waals surface area contributed by atoms with Gasteiger partial charge in [-0.25, -0.2) is 13.1 Å². The minimum Gasteiger partial charge on any atom is -0.211 e. The Kier molecular flexibility index (Phi) is 6.51. The van der Waals surface area contributed by atoms with Gasteiger partial charge in [0.05, 0.1) is 8.68 Å². The van der Waals surface area contributed by atoms with Crippen LogP contribution in [0.25, 0.3) is 0 Å². The quantitative estimate of drug-likeness (QED) is 0.652. The lowest BCUT2D eigenvalue weighted by Crippen LogP contribution is -2.38. The van der Waals surface area contributed by atoms with Crippen LogP contribution in [0, 0.1) is 12.3 Å². The molecule has 1 aromatic rings. The Morgan fingerprint density at radius 3 is 2.32 bits per heavy atom. The average Bonchev–Trinajstić information content (AvgIpc) is 2.72. The molecule has 0 radical (unpaired) electrons. The molecule has 0 saturated carbocycles. The molecule has 0 aliphatic rings. The second-order valence-corrected chi connectivity index (χ2v) is 9.57. The van der Waals surface area contributed by atoms with Gasteiger partial charge in [-0.3, -0.25) is 0 Å². The maximum absolute atomic E-state index is 12.3. The van der Waals surface area contributed by atoms with E-state index in [4.69, 9.17) is 0 Å². The highest BCUT2D eigenvalue weighted by atomic mass is 79.9. The number of rotatable bonds is 7. The Bertz CT molecular complexity index is 514. The molecule has 0 spiro atoms. The maximum atomic E-state index is 12.3. The van der Waals surface area contributed by atoms with Gasteiger partial charge in [0.2, 0.25) is 10.0 Å². The van der Waals surface area contributed by atoms with Gasteiger partial charge in [-0.1, -0.05) is 29.8 Å². The van der Waals surface area contributed by atoms with E-state index in [2.05, 4.69) is 50.4 Å². The largest absolute Gasteiger partial charge is 0.241 e. The number of aryl methyl sites for hydroxylation is 1. The predicted molar refractivity (Wildman–Crippen MR) is 88.8 cm³/mol. The number of hydrogen-bond donors (Lipinski definition) is 1. The molecule has 0 saturated heterocycles. The van der Waals surface area contributed by atoms with Crippen LogP contribution >= 0.6 is 43.2 Å². The topological polar surface area (TPSA) is 46.2 Å². The summed E-state index contributed by atoms with van der Waals surface area (Å²) in [5.74, 6) is 0. The van der Waals surface area contributed by atoms with Crippen molar-refractivity contribution in [1.29, 1.82) is 0 Å². The van der Waals surface area contributed by atoms with Crippen molar-refractivity contribution in [2.45, 2.75) is 38.5 Å². The number of thiophene rings is 1. The highest BCUT2D eigenvalue weighted by Crippen LogP contribution is 2.31. The highest BCUT2D eigenvalue weighted by Gasteiger charge is 2.28. The number of halogens is 2. The van der Waals surface area contributed by atoms with E-state index in [0.717, 1.165) is 26.8 Å². The Labute approximate surface area is 136 Å². The second kappa shape index (κ2) is 7.02. The number of nitrogens with one attached hydrogen (secondary N) is 1. The van der Waals surface area contributed by atoms with Crippen LogP contribution in [-0.2, 0) is 10.0 Å². The van der Waals surface area contributed by atoms with E-state index >= 15 is 0 Å². The van der Waals surface area contributed by atoms with Gasteiger partial charge in [0, 0.05) is 16.8 Å². The lowest BCUT2D eigenvalue weighted by molar-refractivity contribution is 0.309. The van der Waals surface area contributed by atoms with Crippen molar-refractivity contribution in [3.05, 3.63) is 14.7 Å². The van der Waals surface area contributed by atoms with Gasteiger partial charge in [-0.2, -0.15) is 0 Å². The molecular formula is C12H19Br2NO2S2. The first kappa shape index (κ1) is 17.6. The SMILES string of the molecule is CCC(CC)(CBr)CNS(=O)(=O)c1cc(Br)sc1C. The zero-order valence-electron chi connectivity index (χ0n) is 11.3. The Hall–Kier alpha value is 0.570. The smallest absolute Gasteiger partial charge is 0.211 e. The summed E-state index contributed by atoms with van der Waals surface area (Å²) in [6.07, 6.45) is 1.87. The lowest BCUT2D eigenvalue weighted by atomic mass is 9.85. The molecule has 0 amide bonds. The monoisotopic (exact) mass is 431 g/mol. The summed E-state index contributed by atoms with van der Waals surface area (Å²) in [5.41, 5.74) is -0.0196. The number of sulfonamides is 1. The molecule has 7 heteroatoms. The zero-order valence-corrected chi connectivity index (χ0v) is 16.1. The third-order valence-electron chi connectivity index (χ3n) is 3.55. The number of alkyl halides is 1. The van der Waals surface area contributed by atoms with E-state index in [1.807, 2.05) is 6.92 Å². The molecular weight excluding hydrogens is 414 g/mol. The van der Waals surface area contributed by atoms with Crippen LogP contribution in [-0.4, -0.2) is 20.3 Å². The van der Waals surface area contributed by atoms with Crippen molar-refractivity contribution in [1.82, 2.24) is 4.72 Å². The Morgan fingerprint density at radius 2 is 1.95 bits per heavy atom. The molecule has 0 aliphatic heterocycles. The van der Waals surface area contributed by atoms with E-state index in [9.17, 15) is 8.42 Å². The minimum atomic E-state index is -3.42. The molecule has 1 N–H and O–H groups in total. The fourth-order valence-electron chi connectivity index (χ4n) is 1.76. The summed E-state index contributed by atoms with van der Waals surface area (Å²) in [4.78, 5) is 1.18. The Morgan fingerprint density at radius 1 is 1.37 bits per heavy atom. The molecule has 1 heterocycles. The zero-order chi connectivity index (χ0) is 14.7. The summed E-state index contributed by atoms with van der Waals surface area (Å²) < 4.78 is 28.2. The van der Waals surface area contributed by atoms with Gasteiger partial charge in [-0.05, 0) is 47.2 Å². The first-order chi connectivity index (χ1) is 8.80. The third kappa shape index (κ3) is 4.27. The van der Waals surface area contributed by atoms with Crippen LogP contribution in [0.15, 0.2) is 14.7 Å². The van der Waals surface area contributed by atoms with E-state index < -0.39 is 10.0 Å². The Balaban J connectivity index is 2.90. The fraction of sp³-hybridized carbons (Fsp3) is 0.667. The first-order valence-electron chi connectivity index (χ1n) is 6.12. The van der Waals surface area contributed by atoms with E-state index in [1.165, 1.54) is 11.3 Å². The normalized spacial score (nSPS) is 12.9. The van der Waals surface area contributed by atoms with Crippen LogP contribution in [0.5, 0.6) is 0 Å². The molecule has 19 heavy (non-hydrogen) atoms. The third-order valence-corrected chi connectivity index (χ3v) is 7.95. The van der Waals surface area contributed by atoms with E-state index in [1.54, 1.807) is 6.07 Å². The van der Waals surface area contributed by atoms with Crippen molar-refractivity contribution >= 4 is 53.2 Å². The summed E-state index contributed by atoms with van der Waals surface area (Å²) in [7, 11) is -3.42.